The molecular weight excluding hydrogens is 695 g/mol. The third kappa shape index (κ3) is 38.9. The first-order valence-corrected chi connectivity index (χ1v) is 21.5. The van der Waals surface area contributed by atoms with Gasteiger partial charge in [0.1, 0.15) is 6.61 Å². The van der Waals surface area contributed by atoms with Crippen molar-refractivity contribution in [3.63, 3.8) is 0 Å². The average Bonchev–Trinajstić information content (AvgIpc) is 3.11. The van der Waals surface area contributed by atoms with E-state index in [-0.39, 0.29) is 12.8 Å². The summed E-state index contributed by atoms with van der Waals surface area (Å²) in [6.45, 7) is 3.36. The highest BCUT2D eigenvalue weighted by Gasteiger charge is 2.23. The molecule has 0 aromatic heterocycles. The topological polar surface area (TPSA) is 160 Å². The Kier molecular flexibility index (Phi) is 34.6. The third-order valence-electron chi connectivity index (χ3n) is 8.14. The number of carbonyl (C=O) groups is 2. The molecule has 0 aliphatic carbocycles. The van der Waals surface area contributed by atoms with Crippen molar-refractivity contribution in [2.24, 2.45) is 0 Å². The van der Waals surface area contributed by atoms with E-state index >= 15 is 0 Å². The molecule has 0 aromatic carbocycles. The van der Waals surface area contributed by atoms with Crippen LogP contribution >= 0.6 is 7.82 Å². The highest BCUT2D eigenvalue weighted by Crippen LogP contribution is 2.36. The molecule has 0 spiro atoms. The van der Waals surface area contributed by atoms with E-state index in [2.05, 4.69) is 48.8 Å². The summed E-state index contributed by atoms with van der Waals surface area (Å²) in [5.74, 6) is -1.14. The van der Waals surface area contributed by atoms with Crippen molar-refractivity contribution in [2.45, 2.75) is 167 Å². The summed E-state index contributed by atoms with van der Waals surface area (Å²) in [4.78, 5) is 42.8. The van der Waals surface area contributed by atoms with Crippen LogP contribution in [-0.2, 0) is 28.2 Å². The standard InChI is InChI=1S/C42H71O10P/c1-3-5-7-9-11-12-13-14-15-16-17-18-19-20-22-28-34-42(46)52-40(37-51-53(47,48)49)36-50-41(45)35-29-33-39(44)32-27-24-23-26-31-38(43)30-25-21-10-8-6-4-2/h11-12,14-15,21,23-27,31-32,38-40,43-44H,3-10,13,16-20,22,28-30,33-37H2,1-2H3,(H2,47,48,49)/b12-11-,15-14-,24-23+,25-21-,31-26+,32-27-/t38-,39-,40-/m1/s1. The van der Waals surface area contributed by atoms with Crippen LogP contribution in [0.4, 0.5) is 0 Å². The van der Waals surface area contributed by atoms with E-state index < -0.39 is 51.3 Å². The van der Waals surface area contributed by atoms with Gasteiger partial charge in [0.15, 0.2) is 6.10 Å². The summed E-state index contributed by atoms with van der Waals surface area (Å²) in [6.07, 6.45) is 39.6. The van der Waals surface area contributed by atoms with E-state index in [4.69, 9.17) is 19.3 Å². The Balaban J connectivity index is 4.25. The lowest BCUT2D eigenvalue weighted by molar-refractivity contribution is -0.161. The van der Waals surface area contributed by atoms with Crippen molar-refractivity contribution in [3.05, 3.63) is 72.9 Å². The van der Waals surface area contributed by atoms with Gasteiger partial charge in [0.25, 0.3) is 0 Å². The van der Waals surface area contributed by atoms with Gasteiger partial charge in [0.2, 0.25) is 0 Å². The molecule has 304 valence electrons. The quantitative estimate of drug-likeness (QED) is 0.0161. The second-order valence-corrected chi connectivity index (χ2v) is 14.5. The number of aliphatic hydroxyl groups is 2. The number of rotatable bonds is 35. The van der Waals surface area contributed by atoms with Crippen molar-refractivity contribution < 1.29 is 48.2 Å². The number of hydrogen-bond donors (Lipinski definition) is 4. The van der Waals surface area contributed by atoms with E-state index in [0.717, 1.165) is 57.8 Å². The van der Waals surface area contributed by atoms with Crippen LogP contribution in [0.25, 0.3) is 0 Å². The normalized spacial score (nSPS) is 14.5. The largest absolute Gasteiger partial charge is 0.469 e. The SMILES string of the molecule is CCCCC/C=C\C/C=C\CCCCCCCCC(=O)O[C@H](COC(=O)CCC[C@H](O)\C=C/C=C/C=C/[C@H](O)C/C=C\CCCCC)COP(=O)(O)O. The lowest BCUT2D eigenvalue weighted by Crippen LogP contribution is -2.29. The van der Waals surface area contributed by atoms with Crippen LogP contribution in [0.5, 0.6) is 0 Å². The Labute approximate surface area is 320 Å². The minimum Gasteiger partial charge on any atom is -0.462 e. The van der Waals surface area contributed by atoms with Crippen LogP contribution < -0.4 is 0 Å². The number of aliphatic hydroxyl groups excluding tert-OH is 2. The minimum atomic E-state index is -4.82. The fourth-order valence-electron chi connectivity index (χ4n) is 5.07. The van der Waals surface area contributed by atoms with Gasteiger partial charge in [-0.05, 0) is 70.6 Å². The van der Waals surface area contributed by atoms with E-state index in [1.165, 1.54) is 38.5 Å². The monoisotopic (exact) mass is 766 g/mol. The van der Waals surface area contributed by atoms with Crippen LogP contribution in [0.2, 0.25) is 0 Å². The van der Waals surface area contributed by atoms with Gasteiger partial charge in [-0.3, -0.25) is 14.1 Å². The van der Waals surface area contributed by atoms with Crippen LogP contribution in [0.15, 0.2) is 72.9 Å². The molecule has 0 radical (unpaired) electrons. The average molecular weight is 767 g/mol. The van der Waals surface area contributed by atoms with Gasteiger partial charge in [-0.2, -0.15) is 0 Å². The summed E-state index contributed by atoms with van der Waals surface area (Å²) in [7, 11) is -4.82. The lowest BCUT2D eigenvalue weighted by atomic mass is 10.1. The summed E-state index contributed by atoms with van der Waals surface area (Å²) in [5.41, 5.74) is 0. The van der Waals surface area contributed by atoms with Gasteiger partial charge in [-0.15, -0.1) is 0 Å². The van der Waals surface area contributed by atoms with Crippen LogP contribution in [-0.4, -0.2) is 63.5 Å². The van der Waals surface area contributed by atoms with Gasteiger partial charge in [-0.25, -0.2) is 4.57 Å². The molecule has 4 N–H and O–H groups in total. The molecule has 0 aromatic rings. The molecule has 3 atom stereocenters. The second kappa shape index (κ2) is 36.4. The number of hydrogen-bond acceptors (Lipinski definition) is 8. The number of phosphoric ester groups is 1. The van der Waals surface area contributed by atoms with Crippen molar-refractivity contribution in [1.29, 1.82) is 0 Å². The Morgan fingerprint density at radius 1 is 0.604 bits per heavy atom. The molecule has 0 aliphatic rings. The fourth-order valence-corrected chi connectivity index (χ4v) is 5.43. The molecule has 0 saturated heterocycles. The Hall–Kier alpha value is -2.59. The van der Waals surface area contributed by atoms with E-state index in [9.17, 15) is 24.4 Å². The molecule has 0 bridgehead atoms. The van der Waals surface area contributed by atoms with Crippen LogP contribution in [0.1, 0.15) is 149 Å². The second-order valence-electron chi connectivity index (χ2n) is 13.3. The van der Waals surface area contributed by atoms with E-state index in [1.54, 1.807) is 36.5 Å². The van der Waals surface area contributed by atoms with E-state index in [1.807, 2.05) is 6.08 Å². The number of allylic oxidation sites excluding steroid dienone is 9. The maximum atomic E-state index is 12.4. The molecule has 0 fully saturated rings. The van der Waals surface area contributed by atoms with Gasteiger partial charge < -0.3 is 29.5 Å². The number of phosphoric acid groups is 1. The maximum absolute atomic E-state index is 12.4. The van der Waals surface area contributed by atoms with Crippen molar-refractivity contribution in [3.8, 4) is 0 Å². The number of unbranched alkanes of at least 4 members (excludes halogenated alkanes) is 12. The summed E-state index contributed by atoms with van der Waals surface area (Å²) in [6, 6.07) is 0. The van der Waals surface area contributed by atoms with Crippen LogP contribution in [0, 0.1) is 0 Å². The molecule has 0 heterocycles. The van der Waals surface area contributed by atoms with Gasteiger partial charge in [0, 0.05) is 12.8 Å². The van der Waals surface area contributed by atoms with E-state index in [0.29, 0.717) is 25.7 Å². The molecular formula is C42H71O10P. The zero-order valence-electron chi connectivity index (χ0n) is 32.6. The van der Waals surface area contributed by atoms with Crippen molar-refractivity contribution >= 4 is 19.8 Å². The highest BCUT2D eigenvalue weighted by atomic mass is 31.2. The molecule has 0 unspecified atom stereocenters. The van der Waals surface area contributed by atoms with Crippen molar-refractivity contribution in [2.75, 3.05) is 13.2 Å². The molecule has 10 nitrogen and oxygen atoms in total. The Morgan fingerprint density at radius 3 is 1.74 bits per heavy atom. The molecule has 11 heteroatoms. The molecule has 0 aliphatic heterocycles. The fraction of sp³-hybridized carbons (Fsp3) is 0.667. The van der Waals surface area contributed by atoms with Gasteiger partial charge >= 0.3 is 19.8 Å². The molecule has 0 rings (SSSR count). The lowest BCUT2D eigenvalue weighted by Gasteiger charge is -2.18. The first-order valence-electron chi connectivity index (χ1n) is 19.9. The van der Waals surface area contributed by atoms with Gasteiger partial charge in [0.05, 0.1) is 18.8 Å². The first kappa shape index (κ1) is 50.4. The smallest absolute Gasteiger partial charge is 0.462 e. The number of ether oxygens (including phenoxy) is 2. The number of carbonyl (C=O) groups excluding carboxylic acids is 2. The summed E-state index contributed by atoms with van der Waals surface area (Å²) < 4.78 is 26.2. The molecule has 0 saturated carbocycles. The highest BCUT2D eigenvalue weighted by molar-refractivity contribution is 7.46. The van der Waals surface area contributed by atoms with Gasteiger partial charge in [-0.1, -0.05) is 138 Å². The predicted molar refractivity (Wildman–Crippen MR) is 214 cm³/mol. The zero-order chi connectivity index (χ0) is 39.3. The Morgan fingerprint density at radius 2 is 1.13 bits per heavy atom. The summed E-state index contributed by atoms with van der Waals surface area (Å²) >= 11 is 0. The Bertz CT molecular complexity index is 1120. The summed E-state index contributed by atoms with van der Waals surface area (Å²) in [5, 5.41) is 20.1. The minimum absolute atomic E-state index is 0.00125. The number of esters is 2. The maximum Gasteiger partial charge on any atom is 0.469 e. The van der Waals surface area contributed by atoms with Crippen LogP contribution in [0.3, 0.4) is 0 Å². The third-order valence-corrected chi connectivity index (χ3v) is 8.62. The zero-order valence-corrected chi connectivity index (χ0v) is 33.5. The first-order chi connectivity index (χ1) is 25.6. The molecule has 0 amide bonds. The van der Waals surface area contributed by atoms with Crippen molar-refractivity contribution in [1.82, 2.24) is 0 Å². The molecule has 53 heavy (non-hydrogen) atoms. The predicted octanol–water partition coefficient (Wildman–Crippen LogP) is 9.84.